The Morgan fingerprint density at radius 3 is 2.75 bits per heavy atom. The Labute approximate surface area is 164 Å². The summed E-state index contributed by atoms with van der Waals surface area (Å²) in [7, 11) is 0. The minimum atomic E-state index is 0.0403. The fourth-order valence-electron chi connectivity index (χ4n) is 3.53. The molecule has 0 bridgehead atoms. The molecule has 1 amide bonds. The van der Waals surface area contributed by atoms with Gasteiger partial charge in [0.1, 0.15) is 11.3 Å². The molecule has 3 aromatic rings. The van der Waals surface area contributed by atoms with Crippen molar-refractivity contribution >= 4 is 17.1 Å². The summed E-state index contributed by atoms with van der Waals surface area (Å²) in [5, 5.41) is 0. The summed E-state index contributed by atoms with van der Waals surface area (Å²) in [6, 6.07) is 5.91. The molecule has 7 heteroatoms. The summed E-state index contributed by atoms with van der Waals surface area (Å²) in [6.45, 7) is 8.05. The molecule has 1 aromatic carbocycles. The smallest absolute Gasteiger partial charge is 0.260 e. The maximum Gasteiger partial charge on any atom is 0.260 e. The number of rotatable bonds is 5. The van der Waals surface area contributed by atoms with E-state index in [4.69, 9.17) is 4.74 Å². The number of aromatic nitrogens is 3. The van der Waals surface area contributed by atoms with Crippen LogP contribution in [-0.4, -0.2) is 63.4 Å². The normalized spacial score (nSPS) is 15.1. The molecule has 7 nitrogen and oxygen atoms in total. The van der Waals surface area contributed by atoms with Crippen LogP contribution in [0.5, 0.6) is 5.75 Å². The van der Waals surface area contributed by atoms with E-state index in [0.717, 1.165) is 47.7 Å². The number of fused-ring (bicyclic) bond motifs is 1. The fourth-order valence-corrected chi connectivity index (χ4v) is 3.53. The van der Waals surface area contributed by atoms with Crippen molar-refractivity contribution in [1.29, 1.82) is 0 Å². The van der Waals surface area contributed by atoms with Gasteiger partial charge in [0, 0.05) is 56.9 Å². The summed E-state index contributed by atoms with van der Waals surface area (Å²) < 4.78 is 5.77. The van der Waals surface area contributed by atoms with Gasteiger partial charge in [0.2, 0.25) is 0 Å². The highest BCUT2D eigenvalue weighted by Gasteiger charge is 2.22. The molecule has 0 aliphatic carbocycles. The van der Waals surface area contributed by atoms with Gasteiger partial charge in [-0.1, -0.05) is 12.1 Å². The topological polar surface area (TPSA) is 74.3 Å². The molecule has 4 rings (SSSR count). The first kappa shape index (κ1) is 18.4. The van der Waals surface area contributed by atoms with Crippen LogP contribution in [0, 0.1) is 13.8 Å². The molecule has 1 aliphatic rings. The Morgan fingerprint density at radius 1 is 1.14 bits per heavy atom. The lowest BCUT2D eigenvalue weighted by Crippen LogP contribution is -2.49. The number of nitrogens with one attached hydrogen (secondary N) is 1. The van der Waals surface area contributed by atoms with E-state index in [1.165, 1.54) is 5.56 Å². The number of carbonyl (C=O) groups excluding carboxylic acids is 1. The van der Waals surface area contributed by atoms with Gasteiger partial charge in [0.05, 0.1) is 0 Å². The lowest BCUT2D eigenvalue weighted by atomic mass is 10.1. The van der Waals surface area contributed by atoms with Crippen LogP contribution < -0.4 is 4.74 Å². The Hall–Kier alpha value is -2.93. The fraction of sp³-hybridized carbons (Fsp3) is 0.381. The minimum Gasteiger partial charge on any atom is -0.483 e. The van der Waals surface area contributed by atoms with Crippen molar-refractivity contribution in [2.75, 3.05) is 32.8 Å². The molecule has 1 fully saturated rings. The molecule has 0 spiro atoms. The third-order valence-electron chi connectivity index (χ3n) is 5.41. The lowest BCUT2D eigenvalue weighted by molar-refractivity contribution is -0.135. The van der Waals surface area contributed by atoms with Crippen LogP contribution in [0.2, 0.25) is 0 Å². The molecular weight excluding hydrogens is 354 g/mol. The highest BCUT2D eigenvalue weighted by molar-refractivity contribution is 5.78. The van der Waals surface area contributed by atoms with Crippen molar-refractivity contribution in [3.8, 4) is 5.75 Å². The van der Waals surface area contributed by atoms with Gasteiger partial charge in [-0.2, -0.15) is 0 Å². The summed E-state index contributed by atoms with van der Waals surface area (Å²) in [5.41, 5.74) is 5.13. The van der Waals surface area contributed by atoms with Gasteiger partial charge in [-0.25, -0.2) is 4.98 Å². The first-order chi connectivity index (χ1) is 13.6. The van der Waals surface area contributed by atoms with E-state index >= 15 is 0 Å². The second kappa shape index (κ2) is 7.98. The molecule has 3 heterocycles. The zero-order valence-corrected chi connectivity index (χ0v) is 16.3. The van der Waals surface area contributed by atoms with Crippen LogP contribution in [0.4, 0.5) is 0 Å². The monoisotopic (exact) mass is 379 g/mol. The van der Waals surface area contributed by atoms with E-state index in [2.05, 4.69) is 19.9 Å². The van der Waals surface area contributed by atoms with Crippen molar-refractivity contribution in [2.24, 2.45) is 0 Å². The molecule has 28 heavy (non-hydrogen) atoms. The van der Waals surface area contributed by atoms with Crippen molar-refractivity contribution in [3.63, 3.8) is 0 Å². The number of hydrogen-bond acceptors (Lipinski definition) is 5. The average molecular weight is 379 g/mol. The van der Waals surface area contributed by atoms with Crippen molar-refractivity contribution in [3.05, 3.63) is 53.5 Å². The maximum atomic E-state index is 12.5. The van der Waals surface area contributed by atoms with E-state index in [1.807, 2.05) is 43.1 Å². The molecule has 1 N–H and O–H groups in total. The van der Waals surface area contributed by atoms with Crippen LogP contribution in [-0.2, 0) is 11.3 Å². The largest absolute Gasteiger partial charge is 0.483 e. The SMILES string of the molecule is Cc1cccc(OCC(=O)N2CCN(Cc3c[nH]c4nccnc34)CC2)c1C. The third-order valence-corrected chi connectivity index (χ3v) is 5.41. The van der Waals surface area contributed by atoms with Gasteiger partial charge in [0.25, 0.3) is 5.91 Å². The van der Waals surface area contributed by atoms with Gasteiger partial charge in [0.15, 0.2) is 12.3 Å². The zero-order chi connectivity index (χ0) is 19.5. The second-order valence-electron chi connectivity index (χ2n) is 7.21. The van der Waals surface area contributed by atoms with Crippen LogP contribution in [0.25, 0.3) is 11.2 Å². The number of piperazine rings is 1. The van der Waals surface area contributed by atoms with Crippen molar-refractivity contribution < 1.29 is 9.53 Å². The predicted octanol–water partition coefficient (Wildman–Crippen LogP) is 2.30. The minimum absolute atomic E-state index is 0.0403. The molecule has 146 valence electrons. The van der Waals surface area contributed by atoms with Crippen LogP contribution in [0.3, 0.4) is 0 Å². The van der Waals surface area contributed by atoms with E-state index in [-0.39, 0.29) is 12.5 Å². The zero-order valence-electron chi connectivity index (χ0n) is 16.3. The lowest BCUT2D eigenvalue weighted by Gasteiger charge is -2.34. The summed E-state index contributed by atoms with van der Waals surface area (Å²) in [5.74, 6) is 0.825. The highest BCUT2D eigenvalue weighted by Crippen LogP contribution is 2.21. The number of nitrogens with zero attached hydrogens (tertiary/aromatic N) is 4. The first-order valence-electron chi connectivity index (χ1n) is 9.58. The quantitative estimate of drug-likeness (QED) is 0.736. The number of ether oxygens (including phenoxy) is 1. The Morgan fingerprint density at radius 2 is 1.93 bits per heavy atom. The Kier molecular flexibility index (Phi) is 5.25. The molecule has 1 saturated heterocycles. The average Bonchev–Trinajstić information content (AvgIpc) is 3.12. The van der Waals surface area contributed by atoms with Crippen molar-refractivity contribution in [2.45, 2.75) is 20.4 Å². The Balaban J connectivity index is 1.29. The molecule has 1 aliphatic heterocycles. The number of amides is 1. The van der Waals surface area contributed by atoms with E-state index < -0.39 is 0 Å². The third kappa shape index (κ3) is 3.84. The number of hydrogen-bond donors (Lipinski definition) is 1. The summed E-state index contributed by atoms with van der Waals surface area (Å²) in [6.07, 6.45) is 5.37. The standard InChI is InChI=1S/C21H25N5O2/c1-15-4-3-5-18(16(15)2)28-14-19(27)26-10-8-25(9-11-26)13-17-12-24-21-20(17)22-6-7-23-21/h3-7,12H,8-11,13-14H2,1-2H3,(H,23,24). The number of aromatic amines is 1. The number of H-pyrrole nitrogens is 1. The van der Waals surface area contributed by atoms with Crippen LogP contribution in [0.1, 0.15) is 16.7 Å². The van der Waals surface area contributed by atoms with E-state index in [1.54, 1.807) is 12.4 Å². The second-order valence-corrected chi connectivity index (χ2v) is 7.21. The number of benzene rings is 1. The van der Waals surface area contributed by atoms with Crippen molar-refractivity contribution in [1.82, 2.24) is 24.8 Å². The maximum absolute atomic E-state index is 12.5. The molecule has 0 atom stereocenters. The Bertz CT molecular complexity index is 976. The van der Waals surface area contributed by atoms with Gasteiger partial charge < -0.3 is 14.6 Å². The van der Waals surface area contributed by atoms with Gasteiger partial charge >= 0.3 is 0 Å². The molecule has 2 aromatic heterocycles. The molecule has 0 radical (unpaired) electrons. The molecular formula is C21H25N5O2. The van der Waals surface area contributed by atoms with Gasteiger partial charge in [-0.05, 0) is 31.0 Å². The predicted molar refractivity (Wildman–Crippen MR) is 107 cm³/mol. The number of aryl methyl sites for hydroxylation is 1. The van der Waals surface area contributed by atoms with E-state index in [0.29, 0.717) is 13.1 Å². The first-order valence-corrected chi connectivity index (χ1v) is 9.58. The molecule has 0 unspecified atom stereocenters. The van der Waals surface area contributed by atoms with Crippen LogP contribution in [0.15, 0.2) is 36.8 Å². The van der Waals surface area contributed by atoms with Gasteiger partial charge in [-0.3, -0.25) is 14.7 Å². The van der Waals surface area contributed by atoms with Crippen LogP contribution >= 0.6 is 0 Å². The highest BCUT2D eigenvalue weighted by atomic mass is 16.5. The number of carbonyl (C=O) groups is 1. The molecule has 0 saturated carbocycles. The summed E-state index contributed by atoms with van der Waals surface area (Å²) >= 11 is 0. The van der Waals surface area contributed by atoms with Gasteiger partial charge in [-0.15, -0.1) is 0 Å². The van der Waals surface area contributed by atoms with E-state index in [9.17, 15) is 4.79 Å². The summed E-state index contributed by atoms with van der Waals surface area (Å²) in [4.78, 5) is 28.6.